The number of rotatable bonds is 14. The molecule has 10 heteroatoms. The number of phenolic OH excluding ortho intramolecular Hbond substituents is 1. The largest absolute Gasteiger partial charge is 0.508 e. The van der Waals surface area contributed by atoms with Crippen molar-refractivity contribution in [1.82, 2.24) is 0 Å². The molecule has 0 aliphatic rings. The van der Waals surface area contributed by atoms with Crippen molar-refractivity contribution in [2.75, 3.05) is 13.2 Å². The van der Waals surface area contributed by atoms with Gasteiger partial charge >= 0.3 is 0 Å². The fraction of sp³-hybridized carbons (Fsp3) is 0.250. The van der Waals surface area contributed by atoms with Crippen LogP contribution in [0.2, 0.25) is 0 Å². The van der Waals surface area contributed by atoms with Crippen LogP contribution in [0.15, 0.2) is 117 Å². The molecule has 1 N–H and O–H groups in total. The van der Waals surface area contributed by atoms with Crippen molar-refractivity contribution in [1.29, 1.82) is 0 Å². The van der Waals surface area contributed by atoms with Gasteiger partial charge in [-0.25, -0.2) is 16.8 Å². The SMILES string of the molecule is CC(C)Oc1ccc(S(=O)(=O)c2ccc(OCCCCCOc3ccc(S(=O)(=O)c4ccc(O)cc4)cc3)cc2)cc1. The van der Waals surface area contributed by atoms with Crippen molar-refractivity contribution in [3.63, 3.8) is 0 Å². The molecule has 0 aromatic heterocycles. The van der Waals surface area contributed by atoms with Gasteiger partial charge < -0.3 is 19.3 Å². The van der Waals surface area contributed by atoms with Crippen LogP contribution in [0.4, 0.5) is 0 Å². The van der Waals surface area contributed by atoms with Gasteiger partial charge in [0.05, 0.1) is 38.9 Å². The standard InChI is InChI=1S/C32H34O8S2/c1-24(2)40-28-12-20-32(21-13-28)42(36,37)31-18-10-27(11-19-31)39-23-5-3-4-22-38-26-8-16-30(17-9-26)41(34,35)29-14-6-25(33)7-15-29/h6-21,24,33H,3-5,22-23H2,1-2H3. The molecule has 42 heavy (non-hydrogen) atoms. The van der Waals surface area contributed by atoms with E-state index in [0.717, 1.165) is 19.3 Å². The molecule has 8 nitrogen and oxygen atoms in total. The fourth-order valence-electron chi connectivity index (χ4n) is 4.06. The fourth-order valence-corrected chi connectivity index (χ4v) is 6.58. The molecule has 4 rings (SSSR count). The maximum atomic E-state index is 12.9. The van der Waals surface area contributed by atoms with Crippen LogP contribution in [0.5, 0.6) is 23.0 Å². The van der Waals surface area contributed by atoms with E-state index in [1.165, 1.54) is 48.5 Å². The summed E-state index contributed by atoms with van der Waals surface area (Å²) in [6, 6.07) is 24.4. The van der Waals surface area contributed by atoms with E-state index in [1.807, 2.05) is 13.8 Å². The minimum Gasteiger partial charge on any atom is -0.508 e. The van der Waals surface area contributed by atoms with E-state index in [1.54, 1.807) is 48.5 Å². The molecule has 0 fully saturated rings. The van der Waals surface area contributed by atoms with Gasteiger partial charge in [-0.05, 0) is 130 Å². The van der Waals surface area contributed by atoms with Gasteiger partial charge in [0, 0.05) is 0 Å². The topological polar surface area (TPSA) is 116 Å². The van der Waals surface area contributed by atoms with Crippen LogP contribution in [0, 0.1) is 0 Å². The van der Waals surface area contributed by atoms with E-state index < -0.39 is 19.7 Å². The Morgan fingerprint density at radius 1 is 0.524 bits per heavy atom. The van der Waals surface area contributed by atoms with Gasteiger partial charge in [-0.3, -0.25) is 0 Å². The molecule has 0 heterocycles. The molecule has 4 aromatic carbocycles. The highest BCUT2D eigenvalue weighted by Gasteiger charge is 2.19. The van der Waals surface area contributed by atoms with Gasteiger partial charge in [0.2, 0.25) is 19.7 Å². The van der Waals surface area contributed by atoms with Crippen molar-refractivity contribution in [2.45, 2.75) is 58.8 Å². The summed E-state index contributed by atoms with van der Waals surface area (Å²) in [5.74, 6) is 1.79. The Balaban J connectivity index is 1.17. The van der Waals surface area contributed by atoms with E-state index >= 15 is 0 Å². The highest BCUT2D eigenvalue weighted by Crippen LogP contribution is 2.26. The molecule has 0 aliphatic heterocycles. The first-order chi connectivity index (χ1) is 20.1. The van der Waals surface area contributed by atoms with E-state index in [9.17, 15) is 21.9 Å². The summed E-state index contributed by atoms with van der Waals surface area (Å²) in [6.45, 7) is 4.77. The van der Waals surface area contributed by atoms with E-state index in [0.29, 0.717) is 30.5 Å². The van der Waals surface area contributed by atoms with Gasteiger partial charge in [0.1, 0.15) is 23.0 Å². The van der Waals surface area contributed by atoms with Gasteiger partial charge in [-0.15, -0.1) is 0 Å². The number of aromatic hydroxyl groups is 1. The molecule has 0 radical (unpaired) electrons. The lowest BCUT2D eigenvalue weighted by molar-refractivity contribution is 0.242. The number of phenols is 1. The minimum atomic E-state index is -3.67. The summed E-state index contributed by atoms with van der Waals surface area (Å²) in [5, 5.41) is 9.38. The quantitative estimate of drug-likeness (QED) is 0.162. The Kier molecular flexibility index (Phi) is 10.1. The average Bonchev–Trinajstić information content (AvgIpc) is 2.97. The highest BCUT2D eigenvalue weighted by atomic mass is 32.2. The zero-order valence-electron chi connectivity index (χ0n) is 23.5. The van der Waals surface area contributed by atoms with Crippen LogP contribution in [-0.4, -0.2) is 41.3 Å². The number of hydrogen-bond donors (Lipinski definition) is 1. The molecule has 0 atom stereocenters. The number of hydrogen-bond acceptors (Lipinski definition) is 8. The maximum absolute atomic E-state index is 12.9. The van der Waals surface area contributed by atoms with E-state index in [4.69, 9.17) is 14.2 Å². The number of benzene rings is 4. The molecule has 4 aromatic rings. The summed E-state index contributed by atoms with van der Waals surface area (Å²) in [7, 11) is -7.32. The normalized spacial score (nSPS) is 11.8. The van der Waals surface area contributed by atoms with Crippen molar-refractivity contribution >= 4 is 19.7 Å². The first-order valence-electron chi connectivity index (χ1n) is 13.6. The summed E-state index contributed by atoms with van der Waals surface area (Å²) < 4.78 is 68.4. The van der Waals surface area contributed by atoms with Crippen LogP contribution in [0.1, 0.15) is 33.1 Å². The zero-order chi connectivity index (χ0) is 30.2. The van der Waals surface area contributed by atoms with Gasteiger partial charge in [-0.2, -0.15) is 0 Å². The van der Waals surface area contributed by atoms with Crippen LogP contribution >= 0.6 is 0 Å². The Morgan fingerprint density at radius 2 is 0.857 bits per heavy atom. The first kappa shape index (κ1) is 30.9. The molecule has 0 spiro atoms. The van der Waals surface area contributed by atoms with E-state index in [-0.39, 0.29) is 31.4 Å². The highest BCUT2D eigenvalue weighted by molar-refractivity contribution is 7.91. The second kappa shape index (κ2) is 13.8. The molecular weight excluding hydrogens is 576 g/mol. The molecule has 0 saturated heterocycles. The van der Waals surface area contributed by atoms with Crippen molar-refractivity contribution in [2.24, 2.45) is 0 Å². The summed E-state index contributed by atoms with van der Waals surface area (Å²) >= 11 is 0. The smallest absolute Gasteiger partial charge is 0.206 e. The van der Waals surface area contributed by atoms with Crippen LogP contribution in [0.25, 0.3) is 0 Å². The molecule has 0 amide bonds. The van der Waals surface area contributed by atoms with Crippen molar-refractivity contribution < 1.29 is 36.2 Å². The number of sulfone groups is 2. The predicted molar refractivity (Wildman–Crippen MR) is 159 cm³/mol. The third-order valence-electron chi connectivity index (χ3n) is 6.25. The molecule has 0 bridgehead atoms. The Hall–Kier alpha value is -4.02. The van der Waals surface area contributed by atoms with Crippen LogP contribution in [0.3, 0.4) is 0 Å². The van der Waals surface area contributed by atoms with Gasteiger partial charge in [-0.1, -0.05) is 0 Å². The zero-order valence-corrected chi connectivity index (χ0v) is 25.1. The van der Waals surface area contributed by atoms with Crippen LogP contribution < -0.4 is 14.2 Å². The predicted octanol–water partition coefficient (Wildman–Crippen LogP) is 6.47. The van der Waals surface area contributed by atoms with Crippen molar-refractivity contribution in [3.05, 3.63) is 97.1 Å². The minimum absolute atomic E-state index is 0.00213. The Labute approximate surface area is 247 Å². The Morgan fingerprint density at radius 3 is 1.21 bits per heavy atom. The second-order valence-corrected chi connectivity index (χ2v) is 13.7. The summed E-state index contributed by atoms with van der Waals surface area (Å²) in [6.07, 6.45) is 2.44. The lowest BCUT2D eigenvalue weighted by Gasteiger charge is -2.11. The molecule has 0 unspecified atom stereocenters. The summed E-state index contributed by atoms with van der Waals surface area (Å²) in [5.41, 5.74) is 0. The number of unbranched alkanes of at least 4 members (excludes halogenated alkanes) is 2. The lowest BCUT2D eigenvalue weighted by atomic mass is 10.2. The number of ether oxygens (including phenoxy) is 3. The second-order valence-electron chi connectivity index (χ2n) is 9.84. The average molecular weight is 611 g/mol. The molecule has 0 aliphatic carbocycles. The third-order valence-corrected chi connectivity index (χ3v) is 9.82. The molecule has 0 saturated carbocycles. The van der Waals surface area contributed by atoms with Crippen LogP contribution in [-0.2, 0) is 19.7 Å². The summed E-state index contributed by atoms with van der Waals surface area (Å²) in [4.78, 5) is 0.644. The maximum Gasteiger partial charge on any atom is 0.206 e. The first-order valence-corrected chi connectivity index (χ1v) is 16.5. The monoisotopic (exact) mass is 610 g/mol. The Bertz CT molecular complexity index is 1640. The molecular formula is C32H34O8S2. The molecule has 222 valence electrons. The van der Waals surface area contributed by atoms with E-state index in [2.05, 4.69) is 0 Å². The third kappa shape index (κ3) is 8.04. The van der Waals surface area contributed by atoms with Crippen molar-refractivity contribution in [3.8, 4) is 23.0 Å². The van der Waals surface area contributed by atoms with Gasteiger partial charge in [0.25, 0.3) is 0 Å². The van der Waals surface area contributed by atoms with Gasteiger partial charge in [0.15, 0.2) is 0 Å². The lowest BCUT2D eigenvalue weighted by Crippen LogP contribution is -2.06.